The van der Waals surface area contributed by atoms with Gasteiger partial charge in [0.25, 0.3) is 0 Å². The Morgan fingerprint density at radius 1 is 1.22 bits per heavy atom. The quantitative estimate of drug-likeness (QED) is 0.856. The predicted molar refractivity (Wildman–Crippen MR) is 74.5 cm³/mol. The zero-order valence-electron chi connectivity index (χ0n) is 11.3. The largest absolute Gasteiger partial charge is 0.326 e. The summed E-state index contributed by atoms with van der Waals surface area (Å²) in [6, 6.07) is 7.41. The summed E-state index contributed by atoms with van der Waals surface area (Å²) in [6.45, 7) is 4.36. The van der Waals surface area contributed by atoms with Crippen LogP contribution < -0.4 is 5.73 Å². The second-order valence-electron chi connectivity index (χ2n) is 4.55. The molecule has 0 heterocycles. The Balaban J connectivity index is 2.81. The van der Waals surface area contributed by atoms with Crippen molar-refractivity contribution in [2.75, 3.05) is 7.05 Å². The van der Waals surface area contributed by atoms with Crippen molar-refractivity contribution in [3.05, 3.63) is 35.4 Å². The molecule has 2 N–H and O–H groups in total. The van der Waals surface area contributed by atoms with Crippen molar-refractivity contribution in [3.63, 3.8) is 0 Å². The molecule has 0 aliphatic rings. The van der Waals surface area contributed by atoms with Crippen molar-refractivity contribution in [3.8, 4) is 0 Å². The molecule has 0 aliphatic heterocycles. The summed E-state index contributed by atoms with van der Waals surface area (Å²) >= 11 is 0. The molecule has 102 valence electrons. The van der Waals surface area contributed by atoms with Crippen LogP contribution in [-0.2, 0) is 22.3 Å². The van der Waals surface area contributed by atoms with Crippen molar-refractivity contribution >= 4 is 10.0 Å². The molecule has 0 aromatic heterocycles. The molecule has 4 nitrogen and oxygen atoms in total. The first kappa shape index (κ1) is 15.1. The first-order chi connectivity index (χ1) is 8.40. The maximum absolute atomic E-state index is 12.2. The van der Waals surface area contributed by atoms with Crippen LogP contribution >= 0.6 is 0 Å². The van der Waals surface area contributed by atoms with Gasteiger partial charge in [0.2, 0.25) is 10.0 Å². The maximum atomic E-state index is 12.2. The second-order valence-corrected chi connectivity index (χ2v) is 6.58. The van der Waals surface area contributed by atoms with E-state index in [0.29, 0.717) is 6.54 Å². The fourth-order valence-electron chi connectivity index (χ4n) is 1.62. The van der Waals surface area contributed by atoms with Gasteiger partial charge in [-0.1, -0.05) is 31.2 Å². The highest BCUT2D eigenvalue weighted by atomic mass is 32.2. The molecule has 1 rings (SSSR count). The SMILES string of the molecule is CCC(C)N(C)S(=O)(=O)Cc1ccc(CN)cc1. The summed E-state index contributed by atoms with van der Waals surface area (Å²) in [7, 11) is -1.61. The Hall–Kier alpha value is -0.910. The third-order valence-electron chi connectivity index (χ3n) is 3.26. The van der Waals surface area contributed by atoms with E-state index in [1.54, 1.807) is 7.05 Å². The molecule has 0 saturated carbocycles. The zero-order chi connectivity index (χ0) is 13.8. The van der Waals surface area contributed by atoms with Gasteiger partial charge >= 0.3 is 0 Å². The zero-order valence-corrected chi connectivity index (χ0v) is 12.1. The van der Waals surface area contributed by atoms with Crippen LogP contribution in [0.3, 0.4) is 0 Å². The average molecular weight is 270 g/mol. The van der Waals surface area contributed by atoms with Crippen LogP contribution in [0.1, 0.15) is 31.4 Å². The van der Waals surface area contributed by atoms with Gasteiger partial charge in [-0.05, 0) is 24.5 Å². The van der Waals surface area contributed by atoms with Gasteiger partial charge in [0.15, 0.2) is 0 Å². The monoisotopic (exact) mass is 270 g/mol. The lowest BCUT2D eigenvalue weighted by atomic mass is 10.1. The third kappa shape index (κ3) is 3.80. The van der Waals surface area contributed by atoms with Gasteiger partial charge < -0.3 is 5.73 Å². The van der Waals surface area contributed by atoms with E-state index in [0.717, 1.165) is 17.5 Å². The topological polar surface area (TPSA) is 63.4 Å². The van der Waals surface area contributed by atoms with Crippen molar-refractivity contribution in [1.29, 1.82) is 0 Å². The van der Waals surface area contributed by atoms with Gasteiger partial charge in [-0.25, -0.2) is 12.7 Å². The minimum atomic E-state index is -3.24. The first-order valence-corrected chi connectivity index (χ1v) is 7.75. The van der Waals surface area contributed by atoms with E-state index in [2.05, 4.69) is 0 Å². The number of sulfonamides is 1. The highest BCUT2D eigenvalue weighted by molar-refractivity contribution is 7.88. The van der Waals surface area contributed by atoms with E-state index >= 15 is 0 Å². The van der Waals surface area contributed by atoms with Crippen LogP contribution in [0.5, 0.6) is 0 Å². The Kier molecular flexibility index (Phi) is 5.31. The van der Waals surface area contributed by atoms with Crippen molar-refractivity contribution in [2.45, 2.75) is 38.6 Å². The van der Waals surface area contributed by atoms with Crippen LogP contribution in [0, 0.1) is 0 Å². The molecule has 0 radical (unpaired) electrons. The van der Waals surface area contributed by atoms with E-state index in [1.165, 1.54) is 4.31 Å². The summed E-state index contributed by atoms with van der Waals surface area (Å²) in [4.78, 5) is 0. The third-order valence-corrected chi connectivity index (χ3v) is 5.19. The number of hydrogen-bond acceptors (Lipinski definition) is 3. The molecule has 0 fully saturated rings. The van der Waals surface area contributed by atoms with Crippen molar-refractivity contribution in [1.82, 2.24) is 4.31 Å². The Morgan fingerprint density at radius 2 is 1.72 bits per heavy atom. The maximum Gasteiger partial charge on any atom is 0.218 e. The van der Waals surface area contributed by atoms with Gasteiger partial charge in [-0.3, -0.25) is 0 Å². The summed E-state index contributed by atoms with van der Waals surface area (Å²) in [6.07, 6.45) is 0.807. The molecule has 0 spiro atoms. The molecule has 0 saturated heterocycles. The minimum Gasteiger partial charge on any atom is -0.326 e. The average Bonchev–Trinajstić information content (AvgIpc) is 2.37. The molecule has 1 aromatic carbocycles. The van der Waals surface area contributed by atoms with Gasteiger partial charge in [-0.15, -0.1) is 0 Å². The summed E-state index contributed by atoms with van der Waals surface area (Å²) in [5.74, 6) is 0.0404. The first-order valence-electron chi connectivity index (χ1n) is 6.14. The lowest BCUT2D eigenvalue weighted by Gasteiger charge is -2.23. The predicted octanol–water partition coefficient (Wildman–Crippen LogP) is 1.71. The smallest absolute Gasteiger partial charge is 0.218 e. The lowest BCUT2D eigenvalue weighted by Crippen LogP contribution is -2.35. The minimum absolute atomic E-state index is 0.0262. The second kappa shape index (κ2) is 6.31. The number of benzene rings is 1. The number of rotatable bonds is 6. The number of nitrogens with two attached hydrogens (primary N) is 1. The van der Waals surface area contributed by atoms with Crippen LogP contribution in [0.2, 0.25) is 0 Å². The molecule has 18 heavy (non-hydrogen) atoms. The van der Waals surface area contributed by atoms with Gasteiger partial charge in [0.05, 0.1) is 5.75 Å². The molecule has 1 atom stereocenters. The van der Waals surface area contributed by atoms with Gasteiger partial charge in [-0.2, -0.15) is 0 Å². The Bertz CT molecular complexity index is 468. The highest BCUT2D eigenvalue weighted by Gasteiger charge is 2.22. The molecule has 5 heteroatoms. The molecule has 0 amide bonds. The number of nitrogens with zero attached hydrogens (tertiary/aromatic N) is 1. The molecule has 1 aromatic rings. The Labute approximate surface area is 110 Å². The molecular formula is C13H22N2O2S. The molecule has 1 unspecified atom stereocenters. The van der Waals surface area contributed by atoms with Gasteiger partial charge in [0.1, 0.15) is 0 Å². The van der Waals surface area contributed by atoms with Crippen molar-refractivity contribution < 1.29 is 8.42 Å². The highest BCUT2D eigenvalue weighted by Crippen LogP contribution is 2.14. The lowest BCUT2D eigenvalue weighted by molar-refractivity contribution is 0.380. The van der Waals surface area contributed by atoms with Crippen LogP contribution in [-0.4, -0.2) is 25.8 Å². The number of hydrogen-bond donors (Lipinski definition) is 1. The molecular weight excluding hydrogens is 248 g/mol. The summed E-state index contributed by atoms with van der Waals surface area (Å²) in [5.41, 5.74) is 7.31. The fraction of sp³-hybridized carbons (Fsp3) is 0.538. The van der Waals surface area contributed by atoms with E-state index in [-0.39, 0.29) is 11.8 Å². The van der Waals surface area contributed by atoms with E-state index in [4.69, 9.17) is 5.73 Å². The summed E-state index contributed by atoms with van der Waals surface area (Å²) < 4.78 is 25.8. The normalized spacial score (nSPS) is 13.8. The fourth-order valence-corrected chi connectivity index (χ4v) is 3.13. The van der Waals surface area contributed by atoms with Gasteiger partial charge in [0, 0.05) is 19.6 Å². The van der Waals surface area contributed by atoms with Crippen LogP contribution in [0.15, 0.2) is 24.3 Å². The van der Waals surface area contributed by atoms with E-state index in [9.17, 15) is 8.42 Å². The molecule has 0 aliphatic carbocycles. The van der Waals surface area contributed by atoms with E-state index in [1.807, 2.05) is 38.1 Å². The summed E-state index contributed by atoms with van der Waals surface area (Å²) in [5, 5.41) is 0. The van der Waals surface area contributed by atoms with E-state index < -0.39 is 10.0 Å². The molecule has 0 bridgehead atoms. The Morgan fingerprint density at radius 3 is 2.17 bits per heavy atom. The van der Waals surface area contributed by atoms with Crippen LogP contribution in [0.4, 0.5) is 0 Å². The standard InChI is InChI=1S/C13H22N2O2S/c1-4-11(2)15(3)18(16,17)10-13-7-5-12(9-14)6-8-13/h5-8,11H,4,9-10,14H2,1-3H3. The van der Waals surface area contributed by atoms with Crippen molar-refractivity contribution in [2.24, 2.45) is 5.73 Å². The van der Waals surface area contributed by atoms with Crippen LogP contribution in [0.25, 0.3) is 0 Å².